The van der Waals surface area contributed by atoms with Gasteiger partial charge in [-0.05, 0) is 31.7 Å². The number of carbonyl (C=O) groups is 1. The third-order valence-corrected chi connectivity index (χ3v) is 5.01. The van der Waals surface area contributed by atoms with Crippen molar-refractivity contribution in [3.8, 4) is 0 Å². The van der Waals surface area contributed by atoms with Crippen LogP contribution in [0.25, 0.3) is 0 Å². The highest BCUT2D eigenvalue weighted by Crippen LogP contribution is 2.38. The van der Waals surface area contributed by atoms with E-state index in [0.717, 1.165) is 57.1 Å². The zero-order valence-corrected chi connectivity index (χ0v) is 13.3. The maximum Gasteiger partial charge on any atom is 0.310 e. The van der Waals surface area contributed by atoms with Crippen molar-refractivity contribution < 1.29 is 9.90 Å². The largest absolute Gasteiger partial charge is 0.481 e. The van der Waals surface area contributed by atoms with Crippen molar-refractivity contribution in [3.05, 3.63) is 18.0 Å². The Balaban J connectivity index is 2.15. The lowest BCUT2D eigenvalue weighted by Gasteiger charge is -2.27. The monoisotopic (exact) mass is 292 g/mol. The molecule has 0 radical (unpaired) electrons. The topological polar surface area (TPSA) is 55.1 Å². The molecule has 1 fully saturated rings. The molecule has 1 saturated carbocycles. The summed E-state index contributed by atoms with van der Waals surface area (Å²) in [5, 5.41) is 14.4. The molecule has 1 aromatic heterocycles. The fourth-order valence-electron chi connectivity index (χ4n) is 3.56. The molecule has 0 saturated heterocycles. The summed E-state index contributed by atoms with van der Waals surface area (Å²) in [7, 11) is 0. The van der Waals surface area contributed by atoms with Gasteiger partial charge in [-0.3, -0.25) is 9.48 Å². The molecule has 4 nitrogen and oxygen atoms in total. The normalized spacial score (nSPS) is 18.6. The molecule has 1 aliphatic carbocycles. The zero-order valence-electron chi connectivity index (χ0n) is 13.3. The third kappa shape index (κ3) is 3.66. The Kier molecular flexibility index (Phi) is 5.43. The summed E-state index contributed by atoms with van der Waals surface area (Å²) in [6.45, 7) is 4.33. The van der Waals surface area contributed by atoms with Gasteiger partial charge in [0.1, 0.15) is 0 Å². The van der Waals surface area contributed by atoms with Gasteiger partial charge in [-0.1, -0.05) is 39.5 Å². The van der Waals surface area contributed by atoms with Crippen LogP contribution in [-0.2, 0) is 11.2 Å². The molecule has 0 spiro atoms. The van der Waals surface area contributed by atoms with Gasteiger partial charge in [-0.25, -0.2) is 0 Å². The smallest absolute Gasteiger partial charge is 0.310 e. The highest BCUT2D eigenvalue weighted by Gasteiger charge is 2.39. The predicted molar refractivity (Wildman–Crippen MR) is 83.3 cm³/mol. The Hall–Kier alpha value is -1.32. The van der Waals surface area contributed by atoms with E-state index in [4.69, 9.17) is 0 Å². The van der Waals surface area contributed by atoms with Crippen LogP contribution in [0.1, 0.15) is 76.9 Å². The molecule has 1 aromatic rings. The number of rotatable bonds is 6. The fourth-order valence-corrected chi connectivity index (χ4v) is 3.56. The lowest BCUT2D eigenvalue weighted by Crippen LogP contribution is -2.33. The van der Waals surface area contributed by atoms with Crippen molar-refractivity contribution in [3.63, 3.8) is 0 Å². The molecule has 1 N–H and O–H groups in total. The third-order valence-electron chi connectivity index (χ3n) is 5.01. The van der Waals surface area contributed by atoms with Crippen LogP contribution in [0, 0.1) is 5.41 Å². The van der Waals surface area contributed by atoms with Crippen LogP contribution in [0.4, 0.5) is 0 Å². The number of aromatic nitrogens is 2. The zero-order chi connectivity index (χ0) is 15.3. The molecule has 2 rings (SSSR count). The van der Waals surface area contributed by atoms with Crippen LogP contribution in [-0.4, -0.2) is 20.9 Å². The average molecular weight is 292 g/mol. The van der Waals surface area contributed by atoms with Crippen molar-refractivity contribution >= 4 is 5.97 Å². The van der Waals surface area contributed by atoms with Gasteiger partial charge < -0.3 is 5.11 Å². The molecule has 0 amide bonds. The summed E-state index contributed by atoms with van der Waals surface area (Å²) in [5.74, 6) is -0.638. The van der Waals surface area contributed by atoms with Crippen LogP contribution in [0.3, 0.4) is 0 Å². The molecule has 4 heteroatoms. The van der Waals surface area contributed by atoms with Gasteiger partial charge in [0.25, 0.3) is 0 Å². The van der Waals surface area contributed by atoms with Crippen LogP contribution in [0.5, 0.6) is 0 Å². The van der Waals surface area contributed by atoms with Crippen molar-refractivity contribution in [2.75, 3.05) is 0 Å². The van der Waals surface area contributed by atoms with Gasteiger partial charge in [-0.15, -0.1) is 0 Å². The maximum absolute atomic E-state index is 11.9. The van der Waals surface area contributed by atoms with E-state index < -0.39 is 11.4 Å². The first-order valence-corrected chi connectivity index (χ1v) is 8.38. The summed E-state index contributed by atoms with van der Waals surface area (Å²) < 4.78 is 2.02. The van der Waals surface area contributed by atoms with E-state index in [2.05, 4.69) is 18.9 Å². The van der Waals surface area contributed by atoms with E-state index in [9.17, 15) is 9.90 Å². The van der Waals surface area contributed by atoms with Gasteiger partial charge >= 0.3 is 5.97 Å². The van der Waals surface area contributed by atoms with Crippen LogP contribution in [0.2, 0.25) is 0 Å². The molecular formula is C17H28N2O2. The fraction of sp³-hybridized carbons (Fsp3) is 0.765. The van der Waals surface area contributed by atoms with E-state index in [1.807, 2.05) is 16.9 Å². The number of aliphatic carboxylic acids is 1. The minimum absolute atomic E-state index is 0.425. The molecule has 0 bridgehead atoms. The van der Waals surface area contributed by atoms with E-state index in [1.165, 1.54) is 0 Å². The van der Waals surface area contributed by atoms with E-state index in [1.54, 1.807) is 0 Å². The Morgan fingerprint density at radius 1 is 1.29 bits per heavy atom. The Labute approximate surface area is 127 Å². The quantitative estimate of drug-likeness (QED) is 0.799. The summed E-state index contributed by atoms with van der Waals surface area (Å²) in [6, 6.07) is 2.43. The summed E-state index contributed by atoms with van der Waals surface area (Å²) in [4.78, 5) is 11.9. The number of carboxylic acid groups (broad SMARTS) is 1. The predicted octanol–water partition coefficient (Wildman–Crippen LogP) is 4.21. The van der Waals surface area contributed by atoms with Gasteiger partial charge in [0, 0.05) is 12.6 Å². The molecule has 118 valence electrons. The van der Waals surface area contributed by atoms with E-state index in [0.29, 0.717) is 12.5 Å². The summed E-state index contributed by atoms with van der Waals surface area (Å²) in [5.41, 5.74) is 0.343. The van der Waals surface area contributed by atoms with Gasteiger partial charge in [0.2, 0.25) is 0 Å². The second-order valence-electron chi connectivity index (χ2n) is 6.43. The Morgan fingerprint density at radius 2 is 1.90 bits per heavy atom. The van der Waals surface area contributed by atoms with Gasteiger partial charge in [0.15, 0.2) is 0 Å². The van der Waals surface area contributed by atoms with Crippen LogP contribution >= 0.6 is 0 Å². The van der Waals surface area contributed by atoms with Gasteiger partial charge in [-0.2, -0.15) is 5.10 Å². The SMILES string of the molecule is CCC(CC)n1ccc(CC2(C(=O)O)CCCCCC2)n1. The van der Waals surface area contributed by atoms with Gasteiger partial charge in [0.05, 0.1) is 17.2 Å². The molecular weight excluding hydrogens is 264 g/mol. The first-order chi connectivity index (χ1) is 10.1. The summed E-state index contributed by atoms with van der Waals surface area (Å²) in [6.07, 6.45) is 10.7. The first-order valence-electron chi connectivity index (χ1n) is 8.38. The van der Waals surface area contributed by atoms with Crippen molar-refractivity contribution in [1.82, 2.24) is 9.78 Å². The first kappa shape index (κ1) is 16.1. The number of carboxylic acids is 1. The standard InChI is InChI=1S/C17H28N2O2/c1-3-15(4-2)19-12-9-14(18-19)13-17(16(20)21)10-7-5-6-8-11-17/h9,12,15H,3-8,10-11,13H2,1-2H3,(H,20,21). The van der Waals surface area contributed by atoms with Crippen molar-refractivity contribution in [1.29, 1.82) is 0 Å². The Morgan fingerprint density at radius 3 is 2.43 bits per heavy atom. The molecule has 21 heavy (non-hydrogen) atoms. The molecule has 0 aliphatic heterocycles. The molecule has 0 unspecified atom stereocenters. The average Bonchev–Trinajstić information content (AvgIpc) is 2.78. The molecule has 1 heterocycles. The number of hydrogen-bond acceptors (Lipinski definition) is 2. The molecule has 0 aromatic carbocycles. The number of hydrogen-bond donors (Lipinski definition) is 1. The lowest BCUT2D eigenvalue weighted by molar-refractivity contribution is -0.149. The van der Waals surface area contributed by atoms with Crippen molar-refractivity contribution in [2.45, 2.75) is 77.7 Å². The van der Waals surface area contributed by atoms with Crippen molar-refractivity contribution in [2.24, 2.45) is 5.41 Å². The van der Waals surface area contributed by atoms with E-state index in [-0.39, 0.29) is 0 Å². The lowest BCUT2D eigenvalue weighted by atomic mass is 9.76. The van der Waals surface area contributed by atoms with Crippen LogP contribution in [0.15, 0.2) is 12.3 Å². The van der Waals surface area contributed by atoms with Crippen LogP contribution < -0.4 is 0 Å². The maximum atomic E-state index is 11.9. The minimum Gasteiger partial charge on any atom is -0.481 e. The summed E-state index contributed by atoms with van der Waals surface area (Å²) >= 11 is 0. The molecule has 1 aliphatic rings. The highest BCUT2D eigenvalue weighted by molar-refractivity contribution is 5.75. The second-order valence-corrected chi connectivity index (χ2v) is 6.43. The molecule has 0 atom stereocenters. The highest BCUT2D eigenvalue weighted by atomic mass is 16.4. The van der Waals surface area contributed by atoms with E-state index >= 15 is 0 Å². The minimum atomic E-state index is -0.638. The second kappa shape index (κ2) is 7.10. The number of nitrogens with zero attached hydrogens (tertiary/aromatic N) is 2. The Bertz CT molecular complexity index is 455.